The molecule has 0 spiro atoms. The summed E-state index contributed by atoms with van der Waals surface area (Å²) in [6.07, 6.45) is 0. The number of ketones is 2. The Morgan fingerprint density at radius 1 is 0.538 bits per heavy atom. The Bertz CT molecular complexity index is 899. The monoisotopic (exact) mass is 358 g/mol. The number of carbonyl (C=O) groups is 2. The zero-order chi connectivity index (χ0) is 19.1. The van der Waals surface area contributed by atoms with Crippen LogP contribution in [0.15, 0.2) is 48.5 Å². The molecule has 0 aromatic heterocycles. The Morgan fingerprint density at radius 2 is 0.846 bits per heavy atom. The van der Waals surface area contributed by atoms with Crippen LogP contribution < -0.4 is 0 Å². The van der Waals surface area contributed by atoms with Crippen LogP contribution in [0.5, 0.6) is 0 Å². The van der Waals surface area contributed by atoms with Crippen LogP contribution in [0.1, 0.15) is 31.8 Å². The lowest BCUT2D eigenvalue weighted by molar-refractivity contribution is -0.359. The maximum atomic E-state index is 12.8. The highest BCUT2D eigenvalue weighted by molar-refractivity contribution is 6.18. The Morgan fingerprint density at radius 3 is 1.15 bits per heavy atom. The molecule has 8 nitrogen and oxygen atoms in total. The van der Waals surface area contributed by atoms with Crippen LogP contribution in [0.25, 0.3) is 0 Å². The normalized spacial score (nSPS) is 31.0. The van der Waals surface area contributed by atoms with E-state index in [4.69, 9.17) is 0 Å². The molecule has 0 heterocycles. The van der Waals surface area contributed by atoms with Gasteiger partial charge in [0.2, 0.25) is 34.3 Å². The molecule has 8 heteroatoms. The Hall–Kier alpha value is -2.46. The van der Waals surface area contributed by atoms with E-state index in [9.17, 15) is 40.2 Å². The molecule has 0 radical (unpaired) electrons. The van der Waals surface area contributed by atoms with Gasteiger partial charge in [-0.05, 0) is 0 Å². The number of hydrogen-bond donors (Lipinski definition) is 6. The molecule has 1 unspecified atom stereocenters. The van der Waals surface area contributed by atoms with E-state index in [0.717, 1.165) is 24.3 Å². The summed E-state index contributed by atoms with van der Waals surface area (Å²) >= 11 is 0. The minimum absolute atomic E-state index is 0.368. The third-order valence-electron chi connectivity index (χ3n) is 5.28. The molecule has 0 aliphatic heterocycles. The number of carbonyl (C=O) groups excluding carboxylic acids is 2. The first-order valence-electron chi connectivity index (χ1n) is 7.65. The van der Waals surface area contributed by atoms with Crippen molar-refractivity contribution in [1.82, 2.24) is 0 Å². The average Bonchev–Trinajstić information content (AvgIpc) is 2.89. The summed E-state index contributed by atoms with van der Waals surface area (Å²) in [7, 11) is 0. The van der Waals surface area contributed by atoms with Gasteiger partial charge in [-0.1, -0.05) is 48.5 Å². The Balaban J connectivity index is 2.04. The second-order valence-electron chi connectivity index (χ2n) is 6.51. The van der Waals surface area contributed by atoms with Crippen molar-refractivity contribution in [2.24, 2.45) is 0 Å². The molecule has 134 valence electrons. The molecular formula is C18H14O8. The first-order chi connectivity index (χ1) is 12.0. The fourth-order valence-electron chi connectivity index (χ4n) is 3.90. The molecule has 2 aliphatic rings. The standard InChI is InChI=1S/C18H14O8/c19-13-9-5-1-3-7-11(9)17(23,24)15(13,21)16(22)14(20)10-6-2-4-8-12(10)18(16,25)26/h1-8,21-26H/t15-,16?/m1/s1. The van der Waals surface area contributed by atoms with Gasteiger partial charge in [-0.15, -0.1) is 0 Å². The summed E-state index contributed by atoms with van der Waals surface area (Å²) in [5.74, 6) is -9.75. The van der Waals surface area contributed by atoms with Crippen LogP contribution in [0.4, 0.5) is 0 Å². The third-order valence-corrected chi connectivity index (χ3v) is 5.28. The first kappa shape index (κ1) is 17.0. The number of rotatable bonds is 1. The molecular weight excluding hydrogens is 344 g/mol. The molecule has 0 amide bonds. The molecule has 6 N–H and O–H groups in total. The summed E-state index contributed by atoms with van der Waals surface area (Å²) in [6.45, 7) is 0. The van der Waals surface area contributed by atoms with Crippen molar-refractivity contribution in [2.45, 2.75) is 22.8 Å². The summed E-state index contributed by atoms with van der Waals surface area (Å²) in [5, 5.41) is 64.2. The summed E-state index contributed by atoms with van der Waals surface area (Å²) in [4.78, 5) is 25.6. The predicted molar refractivity (Wildman–Crippen MR) is 83.7 cm³/mol. The number of aliphatic hydroxyl groups is 6. The second-order valence-corrected chi connectivity index (χ2v) is 6.51. The number of hydrogen-bond acceptors (Lipinski definition) is 8. The maximum absolute atomic E-state index is 12.8. The van der Waals surface area contributed by atoms with Crippen LogP contribution in [-0.4, -0.2) is 53.4 Å². The molecule has 0 saturated carbocycles. The average molecular weight is 358 g/mol. The number of Topliss-reactive ketones (excluding diaryl/α,β-unsaturated/α-hetero) is 2. The molecule has 0 bridgehead atoms. The molecule has 2 aliphatic carbocycles. The second kappa shape index (κ2) is 4.63. The van der Waals surface area contributed by atoms with E-state index >= 15 is 0 Å². The Labute approximate surface area is 146 Å². The van der Waals surface area contributed by atoms with E-state index < -0.39 is 45.5 Å². The lowest BCUT2D eigenvalue weighted by atomic mass is 9.70. The predicted octanol–water partition coefficient (Wildman–Crippen LogP) is -1.48. The summed E-state index contributed by atoms with van der Waals surface area (Å²) in [5.41, 5.74) is -9.01. The van der Waals surface area contributed by atoms with E-state index in [-0.39, 0.29) is 11.1 Å². The van der Waals surface area contributed by atoms with E-state index in [2.05, 4.69) is 0 Å². The van der Waals surface area contributed by atoms with Gasteiger partial charge in [-0.2, -0.15) is 0 Å². The fourth-order valence-corrected chi connectivity index (χ4v) is 3.90. The lowest BCUT2D eigenvalue weighted by Gasteiger charge is -2.46. The van der Waals surface area contributed by atoms with E-state index in [1.165, 1.54) is 24.3 Å². The van der Waals surface area contributed by atoms with Crippen LogP contribution in [-0.2, 0) is 11.6 Å². The van der Waals surface area contributed by atoms with Gasteiger partial charge in [-0.3, -0.25) is 9.59 Å². The van der Waals surface area contributed by atoms with Crippen molar-refractivity contribution in [2.75, 3.05) is 0 Å². The smallest absolute Gasteiger partial charge is 0.232 e. The highest BCUT2D eigenvalue weighted by Crippen LogP contribution is 2.56. The van der Waals surface area contributed by atoms with Crippen LogP contribution in [0.3, 0.4) is 0 Å². The van der Waals surface area contributed by atoms with Gasteiger partial charge < -0.3 is 30.6 Å². The summed E-state index contributed by atoms with van der Waals surface area (Å²) < 4.78 is 0. The third kappa shape index (κ3) is 1.47. The van der Waals surface area contributed by atoms with Gasteiger partial charge >= 0.3 is 0 Å². The molecule has 2 aromatic carbocycles. The quantitative estimate of drug-likeness (QED) is 0.337. The van der Waals surface area contributed by atoms with Crippen molar-refractivity contribution >= 4 is 11.6 Å². The zero-order valence-electron chi connectivity index (χ0n) is 13.1. The number of benzene rings is 2. The van der Waals surface area contributed by atoms with Crippen LogP contribution in [0.2, 0.25) is 0 Å². The van der Waals surface area contributed by atoms with Gasteiger partial charge in [0.1, 0.15) is 0 Å². The molecule has 2 aromatic rings. The van der Waals surface area contributed by atoms with E-state index in [1.807, 2.05) is 0 Å². The van der Waals surface area contributed by atoms with Crippen molar-refractivity contribution < 1.29 is 40.2 Å². The lowest BCUT2D eigenvalue weighted by Crippen LogP contribution is -2.75. The molecule has 0 saturated heterocycles. The fraction of sp³-hybridized carbons (Fsp3) is 0.222. The highest BCUT2D eigenvalue weighted by Gasteiger charge is 2.82. The SMILES string of the molecule is O=C1c2ccccc2C(O)(O)C1(O)[C@]1(O)C(=O)c2ccccc2C1(O)O. The van der Waals surface area contributed by atoms with Gasteiger partial charge in [0.15, 0.2) is 0 Å². The van der Waals surface area contributed by atoms with Crippen molar-refractivity contribution in [1.29, 1.82) is 0 Å². The maximum Gasteiger partial charge on any atom is 0.232 e. The molecule has 2 atom stereocenters. The first-order valence-corrected chi connectivity index (χ1v) is 7.65. The Kier molecular flexibility index (Phi) is 3.02. The van der Waals surface area contributed by atoms with E-state index in [1.54, 1.807) is 0 Å². The van der Waals surface area contributed by atoms with Gasteiger partial charge in [0.25, 0.3) is 0 Å². The molecule has 4 rings (SSSR count). The van der Waals surface area contributed by atoms with Crippen LogP contribution in [0, 0.1) is 0 Å². The topological polar surface area (TPSA) is 156 Å². The van der Waals surface area contributed by atoms with Crippen molar-refractivity contribution in [3.05, 3.63) is 70.8 Å². The summed E-state index contributed by atoms with van der Waals surface area (Å²) in [6, 6.07) is 9.97. The minimum atomic E-state index is -3.66. The molecule has 26 heavy (non-hydrogen) atoms. The van der Waals surface area contributed by atoms with Gasteiger partial charge in [0, 0.05) is 22.3 Å². The number of fused-ring (bicyclic) bond motifs is 2. The zero-order valence-corrected chi connectivity index (χ0v) is 13.1. The van der Waals surface area contributed by atoms with E-state index in [0.29, 0.717) is 0 Å². The highest BCUT2D eigenvalue weighted by atomic mass is 16.6. The van der Waals surface area contributed by atoms with Crippen molar-refractivity contribution in [3.8, 4) is 0 Å². The largest absolute Gasteiger partial charge is 0.374 e. The van der Waals surface area contributed by atoms with Gasteiger partial charge in [-0.25, -0.2) is 0 Å². The minimum Gasteiger partial charge on any atom is -0.374 e. The van der Waals surface area contributed by atoms with Crippen molar-refractivity contribution in [3.63, 3.8) is 0 Å². The van der Waals surface area contributed by atoms with Crippen LogP contribution >= 0.6 is 0 Å². The van der Waals surface area contributed by atoms with Gasteiger partial charge in [0.05, 0.1) is 0 Å². The molecule has 0 fully saturated rings.